The van der Waals surface area contributed by atoms with Gasteiger partial charge in [-0.05, 0) is 54.5 Å². The second-order valence-electron chi connectivity index (χ2n) is 8.76. The second kappa shape index (κ2) is 12.3. The van der Waals surface area contributed by atoms with Crippen molar-refractivity contribution in [2.75, 3.05) is 6.61 Å². The predicted molar refractivity (Wildman–Crippen MR) is 134 cm³/mol. The average Bonchev–Trinajstić information content (AvgIpc) is 2.88. The average molecular weight is 545 g/mol. The van der Waals surface area contributed by atoms with Crippen molar-refractivity contribution in [3.63, 3.8) is 0 Å². The van der Waals surface area contributed by atoms with E-state index >= 15 is 0 Å². The molecule has 0 aliphatic heterocycles. The lowest BCUT2D eigenvalue weighted by Gasteiger charge is -2.41. The fourth-order valence-electron chi connectivity index (χ4n) is 3.88. The van der Waals surface area contributed by atoms with E-state index < -0.39 is 66.2 Å². The highest BCUT2D eigenvalue weighted by Crippen LogP contribution is 2.34. The van der Waals surface area contributed by atoms with Gasteiger partial charge < -0.3 is 44.8 Å². The monoisotopic (exact) mass is 544 g/mol. The van der Waals surface area contributed by atoms with E-state index in [1.165, 1.54) is 55.5 Å². The zero-order chi connectivity index (χ0) is 28.7. The van der Waals surface area contributed by atoms with Crippen LogP contribution in [0.1, 0.15) is 30.9 Å². The van der Waals surface area contributed by atoms with Crippen LogP contribution in [0, 0.1) is 0 Å². The molecule has 2 atom stereocenters. The number of carbonyl (C=O) groups excluding carboxylic acids is 3. The van der Waals surface area contributed by atoms with Gasteiger partial charge in [-0.1, -0.05) is 12.1 Å². The molecule has 2 aromatic carbocycles. The van der Waals surface area contributed by atoms with Gasteiger partial charge in [-0.15, -0.1) is 0 Å². The van der Waals surface area contributed by atoms with Crippen molar-refractivity contribution in [1.29, 1.82) is 0 Å². The Bertz CT molecular complexity index is 1200. The first-order chi connectivity index (χ1) is 18.4. The van der Waals surface area contributed by atoms with Crippen molar-refractivity contribution < 1.29 is 59.2 Å². The maximum atomic E-state index is 12.5. The number of aromatic hydroxyl groups is 4. The number of aliphatic hydroxyl groups is 2. The maximum absolute atomic E-state index is 12.5. The number of ether oxygens (including phenoxy) is 3. The standard InChI is InChI=1S/C27H28O12/c1-2-37-26(35)27(36)13-21(38-23(32)9-5-15-3-7-17(28)19(30)11-15)25(34)22(14-27)39-24(33)10-6-16-4-8-18(29)20(31)12-16/h3-12,21-22,25,28-31,34,36H,2,13-14H2,1H3/b9-5+,10-6+/t21-,22-,25-,27+/m1/s1. The molecule has 12 heteroatoms. The Balaban J connectivity index is 1.75. The number of phenolic OH excluding ortho intramolecular Hbond substituents is 4. The molecule has 0 bridgehead atoms. The van der Waals surface area contributed by atoms with Crippen molar-refractivity contribution >= 4 is 30.1 Å². The minimum atomic E-state index is -2.25. The molecule has 208 valence electrons. The number of phenols is 4. The summed E-state index contributed by atoms with van der Waals surface area (Å²) in [6.45, 7) is 1.45. The zero-order valence-corrected chi connectivity index (χ0v) is 20.8. The van der Waals surface area contributed by atoms with Gasteiger partial charge in [0.1, 0.15) is 18.3 Å². The van der Waals surface area contributed by atoms with Crippen molar-refractivity contribution in [2.45, 2.75) is 43.7 Å². The van der Waals surface area contributed by atoms with Crippen LogP contribution < -0.4 is 0 Å². The van der Waals surface area contributed by atoms with Crippen LogP contribution in [0.2, 0.25) is 0 Å². The summed E-state index contributed by atoms with van der Waals surface area (Å²) < 4.78 is 15.4. The SMILES string of the molecule is CCOC(=O)[C@]1(O)C[C@@H](OC(=O)/C=C/c2ccc(O)c(O)c2)[C@@H](O)[C@H](OC(=O)/C=C/c2ccc(O)c(O)c2)C1. The van der Waals surface area contributed by atoms with Crippen LogP contribution in [0.3, 0.4) is 0 Å². The number of aliphatic hydroxyl groups excluding tert-OH is 1. The third kappa shape index (κ3) is 7.49. The van der Waals surface area contributed by atoms with Gasteiger partial charge >= 0.3 is 17.9 Å². The largest absolute Gasteiger partial charge is 0.504 e. The molecule has 1 fully saturated rings. The van der Waals surface area contributed by atoms with Gasteiger partial charge in [0.2, 0.25) is 0 Å². The summed E-state index contributed by atoms with van der Waals surface area (Å²) in [5.74, 6) is -4.52. The lowest BCUT2D eigenvalue weighted by molar-refractivity contribution is -0.206. The predicted octanol–water partition coefficient (Wildman–Crippen LogP) is 1.51. The maximum Gasteiger partial charge on any atom is 0.338 e. The summed E-state index contributed by atoms with van der Waals surface area (Å²) in [4.78, 5) is 37.4. The molecule has 2 aromatic rings. The molecule has 3 rings (SSSR count). The van der Waals surface area contributed by atoms with E-state index in [-0.39, 0.29) is 18.1 Å². The highest BCUT2D eigenvalue weighted by molar-refractivity contribution is 5.88. The van der Waals surface area contributed by atoms with Crippen LogP contribution in [0.25, 0.3) is 12.2 Å². The summed E-state index contributed by atoms with van der Waals surface area (Å²) in [6.07, 6.45) is -1.20. The molecule has 0 saturated heterocycles. The van der Waals surface area contributed by atoms with Crippen molar-refractivity contribution in [3.05, 3.63) is 59.7 Å². The lowest BCUT2D eigenvalue weighted by Crippen LogP contribution is -2.58. The van der Waals surface area contributed by atoms with E-state index in [9.17, 15) is 45.0 Å². The Labute approximate surface area is 222 Å². The molecule has 0 radical (unpaired) electrons. The molecule has 0 amide bonds. The summed E-state index contributed by atoms with van der Waals surface area (Å²) >= 11 is 0. The highest BCUT2D eigenvalue weighted by atomic mass is 16.6. The van der Waals surface area contributed by atoms with Crippen molar-refractivity contribution in [3.8, 4) is 23.0 Å². The van der Waals surface area contributed by atoms with E-state index in [1.807, 2.05) is 0 Å². The third-order valence-corrected chi connectivity index (χ3v) is 5.85. The van der Waals surface area contributed by atoms with E-state index in [4.69, 9.17) is 14.2 Å². The normalized spacial score (nSPS) is 23.0. The number of benzene rings is 2. The Hall–Kier alpha value is -4.55. The van der Waals surface area contributed by atoms with Crippen LogP contribution in [0.4, 0.5) is 0 Å². The summed E-state index contributed by atoms with van der Waals surface area (Å²) in [6, 6.07) is 7.63. The highest BCUT2D eigenvalue weighted by Gasteiger charge is 2.53. The molecule has 1 aliphatic rings. The molecule has 6 N–H and O–H groups in total. The molecule has 0 heterocycles. The van der Waals surface area contributed by atoms with Crippen LogP contribution in [0.15, 0.2) is 48.6 Å². The van der Waals surface area contributed by atoms with Gasteiger partial charge in [0.05, 0.1) is 6.61 Å². The number of carbonyl (C=O) groups is 3. The Morgan fingerprint density at radius 1 is 0.821 bits per heavy atom. The van der Waals surface area contributed by atoms with Crippen molar-refractivity contribution in [1.82, 2.24) is 0 Å². The molecular formula is C27H28O12. The van der Waals surface area contributed by atoms with E-state index in [1.54, 1.807) is 0 Å². The van der Waals surface area contributed by atoms with Crippen molar-refractivity contribution in [2.24, 2.45) is 0 Å². The third-order valence-electron chi connectivity index (χ3n) is 5.85. The Morgan fingerprint density at radius 3 is 1.64 bits per heavy atom. The van der Waals surface area contributed by atoms with E-state index in [0.717, 1.165) is 12.2 Å². The molecule has 39 heavy (non-hydrogen) atoms. The van der Waals surface area contributed by atoms with Crippen LogP contribution in [-0.2, 0) is 28.6 Å². The van der Waals surface area contributed by atoms with Gasteiger partial charge in [-0.3, -0.25) is 0 Å². The Morgan fingerprint density at radius 2 is 1.26 bits per heavy atom. The molecule has 0 aromatic heterocycles. The topological polar surface area (TPSA) is 200 Å². The summed E-state index contributed by atoms with van der Waals surface area (Å²) in [5, 5.41) is 59.7. The number of esters is 3. The first-order valence-electron chi connectivity index (χ1n) is 11.8. The second-order valence-corrected chi connectivity index (χ2v) is 8.76. The fourth-order valence-corrected chi connectivity index (χ4v) is 3.88. The van der Waals surface area contributed by atoms with Gasteiger partial charge in [0.15, 0.2) is 28.6 Å². The number of hydrogen-bond donors (Lipinski definition) is 6. The van der Waals surface area contributed by atoms with Gasteiger partial charge in [-0.2, -0.15) is 0 Å². The minimum absolute atomic E-state index is 0.0664. The van der Waals surface area contributed by atoms with Crippen LogP contribution in [0.5, 0.6) is 23.0 Å². The minimum Gasteiger partial charge on any atom is -0.504 e. The van der Waals surface area contributed by atoms with Gasteiger partial charge in [0, 0.05) is 25.0 Å². The van der Waals surface area contributed by atoms with E-state index in [0.29, 0.717) is 11.1 Å². The number of rotatable bonds is 8. The molecule has 12 nitrogen and oxygen atoms in total. The van der Waals surface area contributed by atoms with Crippen LogP contribution >= 0.6 is 0 Å². The lowest BCUT2D eigenvalue weighted by atomic mass is 9.79. The van der Waals surface area contributed by atoms with E-state index in [2.05, 4.69) is 0 Å². The summed E-state index contributed by atoms with van der Waals surface area (Å²) in [5.41, 5.74) is -1.56. The molecule has 0 spiro atoms. The molecule has 1 saturated carbocycles. The smallest absolute Gasteiger partial charge is 0.338 e. The quantitative estimate of drug-likeness (QED) is 0.121. The molecule has 1 aliphatic carbocycles. The zero-order valence-electron chi connectivity index (χ0n) is 20.8. The number of hydrogen-bond acceptors (Lipinski definition) is 12. The fraction of sp³-hybridized carbons (Fsp3) is 0.296. The van der Waals surface area contributed by atoms with Gasteiger partial charge in [-0.25, -0.2) is 14.4 Å². The molecular weight excluding hydrogens is 516 g/mol. The summed E-state index contributed by atoms with van der Waals surface area (Å²) in [7, 11) is 0. The van der Waals surface area contributed by atoms with Crippen LogP contribution in [-0.4, -0.2) is 79.1 Å². The Kier molecular flexibility index (Phi) is 9.17. The first-order valence-corrected chi connectivity index (χ1v) is 11.8. The van der Waals surface area contributed by atoms with Gasteiger partial charge in [0.25, 0.3) is 0 Å². The first kappa shape index (κ1) is 29.0. The molecule has 0 unspecified atom stereocenters.